The number of rotatable bonds is 9. The van der Waals surface area contributed by atoms with E-state index >= 15 is 0 Å². The molecule has 2 amide bonds. The number of halogens is 1. The smallest absolute Gasteiger partial charge is 0.328 e. The van der Waals surface area contributed by atoms with Gasteiger partial charge < -0.3 is 20.1 Å². The fraction of sp³-hybridized carbons (Fsp3) is 0.474. The van der Waals surface area contributed by atoms with E-state index in [1.54, 1.807) is 6.92 Å². The molecule has 0 radical (unpaired) electrons. The Kier molecular flexibility index (Phi) is 9.07. The van der Waals surface area contributed by atoms with Crippen molar-refractivity contribution in [2.24, 2.45) is 5.92 Å². The Bertz CT molecular complexity index is 707. The number of hydrogen-bond acceptors (Lipinski definition) is 6. The van der Waals surface area contributed by atoms with Crippen LogP contribution >= 0.6 is 0 Å². The third kappa shape index (κ3) is 7.34. The third-order valence-electron chi connectivity index (χ3n) is 4.09. The van der Waals surface area contributed by atoms with Crippen LogP contribution in [0.15, 0.2) is 24.3 Å². The number of amides is 2. The molecule has 9 heteroatoms. The molecule has 1 rings (SSSR count). The molecular formula is C19H25FN2O6. The van der Waals surface area contributed by atoms with Gasteiger partial charge in [-0.05, 0) is 23.6 Å². The molecule has 0 aliphatic carbocycles. The third-order valence-corrected chi connectivity index (χ3v) is 4.09. The highest BCUT2D eigenvalue weighted by atomic mass is 19.1. The van der Waals surface area contributed by atoms with Crippen LogP contribution in [-0.4, -0.2) is 50.1 Å². The van der Waals surface area contributed by atoms with Crippen LogP contribution in [0.1, 0.15) is 25.8 Å². The molecule has 0 bridgehead atoms. The van der Waals surface area contributed by atoms with E-state index in [2.05, 4.69) is 15.4 Å². The van der Waals surface area contributed by atoms with Crippen molar-refractivity contribution in [1.29, 1.82) is 0 Å². The monoisotopic (exact) mass is 396 g/mol. The van der Waals surface area contributed by atoms with E-state index in [1.165, 1.54) is 38.3 Å². The zero-order valence-corrected chi connectivity index (χ0v) is 16.3. The summed E-state index contributed by atoms with van der Waals surface area (Å²) in [6, 6.07) is 3.37. The largest absolute Gasteiger partial charge is 0.469 e. The summed E-state index contributed by atoms with van der Waals surface area (Å²) < 4.78 is 22.4. The average Bonchev–Trinajstić information content (AvgIpc) is 2.65. The molecule has 0 saturated carbocycles. The summed E-state index contributed by atoms with van der Waals surface area (Å²) in [5.41, 5.74) is 0.618. The van der Waals surface area contributed by atoms with Gasteiger partial charge in [0.2, 0.25) is 11.8 Å². The van der Waals surface area contributed by atoms with Crippen LogP contribution < -0.4 is 10.6 Å². The van der Waals surface area contributed by atoms with E-state index in [0.29, 0.717) is 5.56 Å². The number of nitrogens with one attached hydrogen (secondary N) is 2. The van der Waals surface area contributed by atoms with Gasteiger partial charge in [0, 0.05) is 13.3 Å². The van der Waals surface area contributed by atoms with Crippen molar-refractivity contribution in [3.63, 3.8) is 0 Å². The molecule has 2 N–H and O–H groups in total. The second-order valence-corrected chi connectivity index (χ2v) is 6.35. The summed E-state index contributed by atoms with van der Waals surface area (Å²) in [6.45, 7) is 2.84. The lowest BCUT2D eigenvalue weighted by molar-refractivity contribution is -0.148. The standard InChI is InChI=1S/C19H25FN2O6/c1-11(9-16(24)27-3)17(19(26)28-4)22-18(25)15(21-12(2)23)10-13-5-7-14(20)8-6-13/h5-8,11,15,17H,9-10H2,1-4H3,(H,21,23)(H,22,25)/t11-,15-,17+/m1/s1. The maximum Gasteiger partial charge on any atom is 0.328 e. The Labute approximate surface area is 162 Å². The van der Waals surface area contributed by atoms with Crippen LogP contribution in [-0.2, 0) is 35.1 Å². The van der Waals surface area contributed by atoms with Crippen LogP contribution in [0.25, 0.3) is 0 Å². The molecular weight excluding hydrogens is 371 g/mol. The molecule has 0 aliphatic heterocycles. The summed E-state index contributed by atoms with van der Waals surface area (Å²) >= 11 is 0. The minimum Gasteiger partial charge on any atom is -0.469 e. The molecule has 0 aliphatic rings. The predicted octanol–water partition coefficient (Wildman–Crippen LogP) is 0.730. The van der Waals surface area contributed by atoms with Crippen molar-refractivity contribution in [3.05, 3.63) is 35.6 Å². The van der Waals surface area contributed by atoms with Gasteiger partial charge in [-0.2, -0.15) is 0 Å². The maximum absolute atomic E-state index is 13.1. The van der Waals surface area contributed by atoms with Gasteiger partial charge >= 0.3 is 11.9 Å². The van der Waals surface area contributed by atoms with Crippen molar-refractivity contribution in [3.8, 4) is 0 Å². The van der Waals surface area contributed by atoms with E-state index in [4.69, 9.17) is 4.74 Å². The summed E-state index contributed by atoms with van der Waals surface area (Å²) in [7, 11) is 2.38. The van der Waals surface area contributed by atoms with Crippen LogP contribution in [0.4, 0.5) is 4.39 Å². The topological polar surface area (TPSA) is 111 Å². The Balaban J connectivity index is 2.96. The maximum atomic E-state index is 13.1. The second kappa shape index (κ2) is 11.0. The molecule has 3 atom stereocenters. The molecule has 0 saturated heterocycles. The minimum atomic E-state index is -1.11. The van der Waals surface area contributed by atoms with Gasteiger partial charge in [0.15, 0.2) is 0 Å². The molecule has 0 fully saturated rings. The Morgan fingerprint density at radius 1 is 1.04 bits per heavy atom. The summed E-state index contributed by atoms with van der Waals surface area (Å²) in [5, 5.41) is 5.03. The highest BCUT2D eigenvalue weighted by Crippen LogP contribution is 2.12. The number of esters is 2. The fourth-order valence-electron chi connectivity index (χ4n) is 2.59. The van der Waals surface area contributed by atoms with Crippen molar-refractivity contribution < 1.29 is 33.0 Å². The van der Waals surface area contributed by atoms with Gasteiger partial charge in [-0.15, -0.1) is 0 Å². The number of carbonyl (C=O) groups excluding carboxylic acids is 4. The molecule has 28 heavy (non-hydrogen) atoms. The van der Waals surface area contributed by atoms with Gasteiger partial charge in [-0.25, -0.2) is 9.18 Å². The van der Waals surface area contributed by atoms with E-state index in [-0.39, 0.29) is 12.8 Å². The fourth-order valence-corrected chi connectivity index (χ4v) is 2.59. The predicted molar refractivity (Wildman–Crippen MR) is 97.5 cm³/mol. The second-order valence-electron chi connectivity index (χ2n) is 6.35. The van der Waals surface area contributed by atoms with Gasteiger partial charge in [-0.3, -0.25) is 14.4 Å². The van der Waals surface area contributed by atoms with Crippen LogP contribution in [0, 0.1) is 11.7 Å². The molecule has 1 aromatic carbocycles. The number of carbonyl (C=O) groups is 4. The van der Waals surface area contributed by atoms with Gasteiger partial charge in [0.25, 0.3) is 0 Å². The van der Waals surface area contributed by atoms with Crippen LogP contribution in [0.3, 0.4) is 0 Å². The van der Waals surface area contributed by atoms with E-state index < -0.39 is 47.6 Å². The lowest BCUT2D eigenvalue weighted by atomic mass is 9.97. The van der Waals surface area contributed by atoms with Crippen molar-refractivity contribution in [2.75, 3.05) is 14.2 Å². The van der Waals surface area contributed by atoms with Gasteiger partial charge in [0.1, 0.15) is 17.9 Å². The summed E-state index contributed by atoms with van der Waals surface area (Å²) in [4.78, 5) is 47.8. The lowest BCUT2D eigenvalue weighted by Crippen LogP contribution is -2.54. The first-order valence-corrected chi connectivity index (χ1v) is 8.64. The molecule has 0 aromatic heterocycles. The molecule has 0 heterocycles. The zero-order valence-electron chi connectivity index (χ0n) is 16.3. The number of methoxy groups -OCH3 is 2. The van der Waals surface area contributed by atoms with Crippen molar-refractivity contribution in [2.45, 2.75) is 38.8 Å². The van der Waals surface area contributed by atoms with Gasteiger partial charge in [-0.1, -0.05) is 19.1 Å². The first-order valence-electron chi connectivity index (χ1n) is 8.64. The number of hydrogen-bond donors (Lipinski definition) is 2. The van der Waals surface area contributed by atoms with E-state index in [9.17, 15) is 23.6 Å². The number of benzene rings is 1. The first-order chi connectivity index (χ1) is 13.2. The molecule has 154 valence electrons. The van der Waals surface area contributed by atoms with Gasteiger partial charge in [0.05, 0.1) is 20.6 Å². The van der Waals surface area contributed by atoms with E-state index in [1.807, 2.05) is 0 Å². The average molecular weight is 396 g/mol. The SMILES string of the molecule is COC(=O)C[C@@H](C)[C@H](NC(=O)[C@@H](Cc1ccc(F)cc1)NC(C)=O)C(=O)OC. The lowest BCUT2D eigenvalue weighted by Gasteiger charge is -2.25. The highest BCUT2D eigenvalue weighted by molar-refractivity contribution is 5.90. The molecule has 0 unspecified atom stereocenters. The number of ether oxygens (including phenoxy) is 2. The quantitative estimate of drug-likeness (QED) is 0.596. The Hall–Kier alpha value is -2.97. The summed E-state index contributed by atoms with van der Waals surface area (Å²) in [5.74, 6) is -3.38. The first kappa shape index (κ1) is 23.1. The summed E-state index contributed by atoms with van der Waals surface area (Å²) in [6.07, 6.45) is -0.0235. The zero-order chi connectivity index (χ0) is 21.3. The minimum absolute atomic E-state index is 0.0883. The van der Waals surface area contributed by atoms with Crippen LogP contribution in [0.2, 0.25) is 0 Å². The van der Waals surface area contributed by atoms with Crippen molar-refractivity contribution >= 4 is 23.8 Å². The van der Waals surface area contributed by atoms with Crippen LogP contribution in [0.5, 0.6) is 0 Å². The molecule has 8 nitrogen and oxygen atoms in total. The Morgan fingerprint density at radius 2 is 1.64 bits per heavy atom. The highest BCUT2D eigenvalue weighted by Gasteiger charge is 2.32. The van der Waals surface area contributed by atoms with E-state index in [0.717, 1.165) is 7.11 Å². The van der Waals surface area contributed by atoms with Crippen molar-refractivity contribution in [1.82, 2.24) is 10.6 Å². The molecule has 0 spiro atoms. The normalized spacial score (nSPS) is 13.6. The molecule has 1 aromatic rings. The Morgan fingerprint density at radius 3 is 2.14 bits per heavy atom.